The van der Waals surface area contributed by atoms with Gasteiger partial charge in [0.25, 0.3) is 0 Å². The topological polar surface area (TPSA) is 115 Å². The summed E-state index contributed by atoms with van der Waals surface area (Å²) < 4.78 is 20.2. The number of carbonyl (C=O) groups is 4. The van der Waals surface area contributed by atoms with E-state index >= 15 is 0 Å². The fourth-order valence-corrected chi connectivity index (χ4v) is 11.7. The molecule has 8 rings (SSSR count). The van der Waals surface area contributed by atoms with E-state index in [0.29, 0.717) is 33.4 Å². The molecule has 0 radical (unpaired) electrons. The molecule has 1 saturated heterocycles. The Bertz CT molecular complexity index is 2070. The van der Waals surface area contributed by atoms with Crippen LogP contribution in [0.5, 0.6) is 0 Å². The quantitative estimate of drug-likeness (QED) is 0.179. The second-order valence-corrected chi connectivity index (χ2v) is 15.4. The van der Waals surface area contributed by atoms with Gasteiger partial charge in [-0.25, -0.2) is 9.18 Å². The highest BCUT2D eigenvalue weighted by Gasteiger charge is 2.69. The molecule has 3 aromatic carbocycles. The Hall–Kier alpha value is -4.26. The largest absolute Gasteiger partial charge is 0.462 e. The minimum atomic E-state index is -0.511. The number of amides is 3. The molecule has 250 valence electrons. The first-order valence-electron chi connectivity index (χ1n) is 16.0. The number of rotatable bonds is 7. The zero-order valence-electron chi connectivity index (χ0n) is 26.0. The summed E-state index contributed by atoms with van der Waals surface area (Å²) in [5.41, 5.74) is 2.15. The fraction of sp³-hybridized carbons (Fsp3) is 0.306. The molecule has 1 aromatic heterocycles. The minimum absolute atomic E-state index is 0.0342. The standard InChI is InChI=1S/C36H29ClFN3O6S2/c1-2-47-35(45)18-5-11-21(12-6-18)39-25(42)16-40-34-31(49-36(40)46)26(17-3-7-19(37)8-4-17)27-23-15-24(30(27)48-34)29-28(23)32(43)41(33(29)44)22-13-9-20(38)10-14-22/h3-14,23-24,26-30H,2,15-16H2,1H3,(H,39,42). The SMILES string of the molecule is CCOC(=O)c1ccc(NC(=O)Cn2c3c(sc2=O)C(c2ccc(Cl)cc2)C2C4CC(C2S3)C2C(=O)N(c3ccc(F)cc3)C(=O)C42)cc1. The lowest BCUT2D eigenvalue weighted by Gasteiger charge is -2.43. The van der Waals surface area contributed by atoms with Gasteiger partial charge in [-0.1, -0.05) is 35.1 Å². The normalized spacial score (nSPS) is 26.3. The summed E-state index contributed by atoms with van der Waals surface area (Å²) in [6.07, 6.45) is 0.706. The van der Waals surface area contributed by atoms with Gasteiger partial charge < -0.3 is 10.1 Å². The molecule has 2 saturated carbocycles. The summed E-state index contributed by atoms with van der Waals surface area (Å²) >= 11 is 8.92. The van der Waals surface area contributed by atoms with Crippen LogP contribution in [0.2, 0.25) is 5.02 Å². The monoisotopic (exact) mass is 717 g/mol. The first-order valence-corrected chi connectivity index (χ1v) is 18.1. The van der Waals surface area contributed by atoms with Crippen molar-refractivity contribution < 1.29 is 28.3 Å². The van der Waals surface area contributed by atoms with Crippen LogP contribution < -0.4 is 15.1 Å². The van der Waals surface area contributed by atoms with E-state index in [2.05, 4.69) is 5.32 Å². The first-order chi connectivity index (χ1) is 23.6. The third-order valence-electron chi connectivity index (χ3n) is 10.2. The third-order valence-corrected chi connectivity index (χ3v) is 13.3. The first kappa shape index (κ1) is 32.0. The van der Waals surface area contributed by atoms with E-state index in [9.17, 15) is 28.4 Å². The van der Waals surface area contributed by atoms with E-state index in [1.165, 1.54) is 45.5 Å². The van der Waals surface area contributed by atoms with E-state index in [0.717, 1.165) is 21.8 Å². The molecule has 0 spiro atoms. The Morgan fingerprint density at radius 3 is 2.29 bits per heavy atom. The summed E-state index contributed by atoms with van der Waals surface area (Å²) in [5.74, 6) is -3.34. The van der Waals surface area contributed by atoms with Crippen molar-refractivity contribution in [3.05, 3.63) is 109 Å². The molecule has 7 unspecified atom stereocenters. The van der Waals surface area contributed by atoms with Crippen LogP contribution in [-0.2, 0) is 25.7 Å². The summed E-state index contributed by atoms with van der Waals surface area (Å²) in [5, 5.41) is 4.00. The maximum Gasteiger partial charge on any atom is 0.338 e. The molecule has 1 N–H and O–H groups in total. The Morgan fingerprint density at radius 1 is 0.939 bits per heavy atom. The van der Waals surface area contributed by atoms with Gasteiger partial charge in [-0.15, -0.1) is 11.8 Å². The van der Waals surface area contributed by atoms with Crippen molar-refractivity contribution in [1.29, 1.82) is 0 Å². The van der Waals surface area contributed by atoms with Crippen LogP contribution in [0.1, 0.15) is 40.1 Å². The summed E-state index contributed by atoms with van der Waals surface area (Å²) in [6, 6.07) is 19.3. The van der Waals surface area contributed by atoms with Crippen LogP contribution in [0.3, 0.4) is 0 Å². The number of nitrogens with zero attached hydrogens (tertiary/aromatic N) is 2. The van der Waals surface area contributed by atoms with E-state index in [1.807, 2.05) is 24.3 Å². The number of anilines is 2. The van der Waals surface area contributed by atoms with Crippen molar-refractivity contribution in [1.82, 2.24) is 4.57 Å². The van der Waals surface area contributed by atoms with Crippen LogP contribution >= 0.6 is 34.7 Å². The molecular formula is C36H29ClFN3O6S2. The number of ether oxygens (including phenoxy) is 1. The van der Waals surface area contributed by atoms with Gasteiger partial charge in [0.15, 0.2) is 0 Å². The molecular weight excluding hydrogens is 689 g/mol. The van der Waals surface area contributed by atoms with Crippen molar-refractivity contribution in [2.24, 2.45) is 29.6 Å². The molecule has 4 aliphatic rings. The fourth-order valence-electron chi connectivity index (χ4n) is 8.39. The zero-order valence-corrected chi connectivity index (χ0v) is 28.4. The number of thioether (sulfide) groups is 1. The molecule has 4 aromatic rings. The van der Waals surface area contributed by atoms with Crippen LogP contribution in [0.25, 0.3) is 0 Å². The predicted octanol–water partition coefficient (Wildman–Crippen LogP) is 6.20. The highest BCUT2D eigenvalue weighted by molar-refractivity contribution is 8.00. The van der Waals surface area contributed by atoms with Gasteiger partial charge in [-0.3, -0.25) is 28.6 Å². The molecule has 2 bridgehead atoms. The number of imide groups is 1. The summed E-state index contributed by atoms with van der Waals surface area (Å²) in [6.45, 7) is 1.75. The summed E-state index contributed by atoms with van der Waals surface area (Å²) in [7, 11) is 0. The van der Waals surface area contributed by atoms with E-state index < -0.39 is 29.5 Å². The average molecular weight is 718 g/mol. The number of aromatic nitrogens is 1. The second kappa shape index (κ2) is 12.3. The van der Waals surface area contributed by atoms with Crippen molar-refractivity contribution in [3.63, 3.8) is 0 Å². The molecule has 49 heavy (non-hydrogen) atoms. The van der Waals surface area contributed by atoms with Crippen LogP contribution in [0.4, 0.5) is 15.8 Å². The van der Waals surface area contributed by atoms with Crippen molar-refractivity contribution >= 4 is 69.8 Å². The molecule has 13 heteroatoms. The van der Waals surface area contributed by atoms with Gasteiger partial charge in [0.1, 0.15) is 12.4 Å². The van der Waals surface area contributed by atoms with Gasteiger partial charge in [-0.05, 0) is 97.3 Å². The van der Waals surface area contributed by atoms with Crippen LogP contribution in [0, 0.1) is 35.4 Å². The second-order valence-electron chi connectivity index (χ2n) is 12.8. The van der Waals surface area contributed by atoms with Gasteiger partial charge in [0.2, 0.25) is 17.7 Å². The van der Waals surface area contributed by atoms with Gasteiger partial charge >= 0.3 is 10.8 Å². The molecule has 3 fully saturated rings. The lowest BCUT2D eigenvalue weighted by molar-refractivity contribution is -0.123. The molecule has 2 aliphatic heterocycles. The molecule has 3 amide bonds. The number of carbonyl (C=O) groups excluding carboxylic acids is 4. The van der Waals surface area contributed by atoms with Gasteiger partial charge in [0.05, 0.1) is 34.7 Å². The highest BCUT2D eigenvalue weighted by Crippen LogP contribution is 2.69. The molecule has 7 atom stereocenters. The lowest BCUT2D eigenvalue weighted by Crippen LogP contribution is -2.43. The number of esters is 1. The van der Waals surface area contributed by atoms with Gasteiger partial charge in [-0.2, -0.15) is 0 Å². The number of nitrogens with one attached hydrogen (secondary N) is 1. The van der Waals surface area contributed by atoms with Crippen molar-refractivity contribution in [3.8, 4) is 0 Å². The van der Waals surface area contributed by atoms with Crippen LogP contribution in [-0.4, -0.2) is 40.1 Å². The Balaban J connectivity index is 1.12. The number of benzene rings is 3. The number of hydrogen-bond donors (Lipinski definition) is 1. The maximum absolute atomic E-state index is 14.0. The van der Waals surface area contributed by atoms with E-state index in [1.54, 1.807) is 31.2 Å². The third kappa shape index (κ3) is 5.23. The Kier molecular flexibility index (Phi) is 8.00. The number of halogens is 2. The molecule has 2 aliphatic carbocycles. The van der Waals surface area contributed by atoms with Crippen LogP contribution in [0.15, 0.2) is 82.6 Å². The maximum atomic E-state index is 14.0. The van der Waals surface area contributed by atoms with Gasteiger partial charge in [0, 0.05) is 26.8 Å². The summed E-state index contributed by atoms with van der Waals surface area (Å²) in [4.78, 5) is 68.6. The predicted molar refractivity (Wildman–Crippen MR) is 184 cm³/mol. The number of fused-ring (bicyclic) bond motifs is 9. The Morgan fingerprint density at radius 2 is 1.61 bits per heavy atom. The number of thiazole rings is 1. The van der Waals surface area contributed by atoms with Crippen molar-refractivity contribution in [2.45, 2.75) is 36.1 Å². The smallest absolute Gasteiger partial charge is 0.338 e. The minimum Gasteiger partial charge on any atom is -0.462 e. The zero-order chi connectivity index (χ0) is 34.1. The van der Waals surface area contributed by atoms with Crippen molar-refractivity contribution in [2.75, 3.05) is 16.8 Å². The highest BCUT2D eigenvalue weighted by atomic mass is 35.5. The Labute approximate surface area is 293 Å². The molecule has 3 heterocycles. The average Bonchev–Trinajstić information content (AvgIpc) is 3.81. The van der Waals surface area contributed by atoms with E-state index in [4.69, 9.17) is 16.3 Å². The van der Waals surface area contributed by atoms with E-state index in [-0.39, 0.29) is 58.8 Å². The lowest BCUT2D eigenvalue weighted by atomic mass is 9.68. The number of hydrogen-bond acceptors (Lipinski definition) is 8. The molecule has 9 nitrogen and oxygen atoms in total.